The van der Waals surface area contributed by atoms with Crippen LogP contribution in [0, 0.1) is 17.0 Å². The average Bonchev–Trinajstić information content (AvgIpc) is 2.80. The summed E-state index contributed by atoms with van der Waals surface area (Å²) in [4.78, 5) is 24.8. The number of aromatic nitrogens is 1. The van der Waals surface area contributed by atoms with Crippen LogP contribution in [0.2, 0.25) is 0 Å². The highest BCUT2D eigenvalue weighted by Crippen LogP contribution is 2.34. The van der Waals surface area contributed by atoms with Gasteiger partial charge in [-0.2, -0.15) is 0 Å². The van der Waals surface area contributed by atoms with E-state index >= 15 is 0 Å². The summed E-state index contributed by atoms with van der Waals surface area (Å²) >= 11 is 0.740. The van der Waals surface area contributed by atoms with Crippen molar-refractivity contribution in [2.45, 2.75) is 6.92 Å². The summed E-state index contributed by atoms with van der Waals surface area (Å²) in [6.45, 7) is 1.68. The number of aromatic carboxylic acids is 1. The van der Waals surface area contributed by atoms with E-state index in [4.69, 9.17) is 9.84 Å². The zero-order chi connectivity index (χ0) is 14.0. The lowest BCUT2D eigenvalue weighted by Gasteiger charge is -2.08. The van der Waals surface area contributed by atoms with Crippen molar-refractivity contribution in [2.24, 2.45) is 0 Å². The molecule has 0 bridgehead atoms. The van der Waals surface area contributed by atoms with E-state index in [0.717, 1.165) is 17.5 Å². The highest BCUT2D eigenvalue weighted by molar-refractivity contribution is 7.16. The molecule has 1 aromatic heterocycles. The lowest BCUT2D eigenvalue weighted by Crippen LogP contribution is -2.01. The minimum absolute atomic E-state index is 0.0159. The van der Waals surface area contributed by atoms with Gasteiger partial charge in [0.1, 0.15) is 17.5 Å². The Morgan fingerprint density at radius 2 is 2.26 bits per heavy atom. The van der Waals surface area contributed by atoms with Crippen LogP contribution in [-0.4, -0.2) is 21.0 Å². The second-order valence-corrected chi connectivity index (χ2v) is 4.55. The van der Waals surface area contributed by atoms with Crippen LogP contribution in [0.25, 0.3) is 0 Å². The highest BCUT2D eigenvalue weighted by Gasteiger charge is 2.18. The van der Waals surface area contributed by atoms with Crippen molar-refractivity contribution in [3.63, 3.8) is 0 Å². The predicted octanol–water partition coefficient (Wildman–Crippen LogP) is 2.85. The van der Waals surface area contributed by atoms with Gasteiger partial charge >= 0.3 is 11.0 Å². The Kier molecular flexibility index (Phi) is 3.43. The lowest BCUT2D eigenvalue weighted by atomic mass is 10.1. The van der Waals surface area contributed by atoms with Crippen LogP contribution in [0.5, 0.6) is 10.9 Å². The fourth-order valence-corrected chi connectivity index (χ4v) is 2.01. The Morgan fingerprint density at radius 3 is 2.84 bits per heavy atom. The van der Waals surface area contributed by atoms with Crippen molar-refractivity contribution in [3.8, 4) is 10.9 Å². The van der Waals surface area contributed by atoms with Crippen LogP contribution in [0.4, 0.5) is 5.00 Å². The zero-order valence-corrected chi connectivity index (χ0v) is 10.5. The van der Waals surface area contributed by atoms with Gasteiger partial charge in [-0.1, -0.05) is 12.1 Å². The Labute approximate surface area is 111 Å². The summed E-state index contributed by atoms with van der Waals surface area (Å²) in [6, 6.07) is 4.67. The fraction of sp³-hybridized carbons (Fsp3) is 0.0909. The quantitative estimate of drug-likeness (QED) is 0.682. The van der Waals surface area contributed by atoms with Crippen molar-refractivity contribution in [3.05, 3.63) is 45.6 Å². The minimum Gasteiger partial charge on any atom is -0.478 e. The molecule has 7 nitrogen and oxygen atoms in total. The number of hydrogen-bond acceptors (Lipinski definition) is 6. The zero-order valence-electron chi connectivity index (χ0n) is 9.69. The molecule has 0 aliphatic rings. The maximum Gasteiger partial charge on any atom is 0.347 e. The predicted molar refractivity (Wildman–Crippen MR) is 67.0 cm³/mol. The molecule has 1 heterocycles. The third-order valence-electron chi connectivity index (χ3n) is 2.28. The average molecular weight is 280 g/mol. The van der Waals surface area contributed by atoms with E-state index in [1.54, 1.807) is 19.1 Å². The Balaban J connectivity index is 2.37. The van der Waals surface area contributed by atoms with Crippen LogP contribution < -0.4 is 4.74 Å². The van der Waals surface area contributed by atoms with Gasteiger partial charge in [0.05, 0.1) is 4.92 Å². The third-order valence-corrected chi connectivity index (χ3v) is 3.11. The SMILES string of the molecule is Cc1cccc(C(=O)O)c1Oc1ncc([N+](=O)[O-])s1. The monoisotopic (exact) mass is 280 g/mol. The smallest absolute Gasteiger partial charge is 0.347 e. The molecule has 0 atom stereocenters. The van der Waals surface area contributed by atoms with Crippen LogP contribution >= 0.6 is 11.3 Å². The molecule has 2 aromatic rings. The Bertz CT molecular complexity index is 652. The van der Waals surface area contributed by atoms with E-state index in [-0.39, 0.29) is 21.5 Å². The van der Waals surface area contributed by atoms with Crippen molar-refractivity contribution in [1.82, 2.24) is 4.98 Å². The number of carbonyl (C=O) groups is 1. The first kappa shape index (κ1) is 13.0. The van der Waals surface area contributed by atoms with E-state index < -0.39 is 10.9 Å². The molecule has 19 heavy (non-hydrogen) atoms. The maximum absolute atomic E-state index is 11.1. The van der Waals surface area contributed by atoms with Crippen LogP contribution in [0.3, 0.4) is 0 Å². The van der Waals surface area contributed by atoms with Crippen molar-refractivity contribution in [1.29, 1.82) is 0 Å². The van der Waals surface area contributed by atoms with Gasteiger partial charge in [0.2, 0.25) is 0 Å². The van der Waals surface area contributed by atoms with E-state index in [1.165, 1.54) is 6.07 Å². The molecule has 0 spiro atoms. The van der Waals surface area contributed by atoms with Gasteiger partial charge in [-0.15, -0.1) is 0 Å². The van der Waals surface area contributed by atoms with Crippen molar-refractivity contribution < 1.29 is 19.6 Å². The number of nitrogens with zero attached hydrogens (tertiary/aromatic N) is 2. The number of aryl methyl sites for hydroxylation is 1. The molecule has 0 unspecified atom stereocenters. The number of hydrogen-bond donors (Lipinski definition) is 1. The largest absolute Gasteiger partial charge is 0.478 e. The molecule has 0 amide bonds. The summed E-state index contributed by atoms with van der Waals surface area (Å²) in [5.74, 6) is -0.996. The number of carboxylic acids is 1. The molecule has 1 N–H and O–H groups in total. The van der Waals surface area contributed by atoms with Gasteiger partial charge in [0.15, 0.2) is 0 Å². The van der Waals surface area contributed by atoms with Gasteiger partial charge in [-0.3, -0.25) is 10.1 Å². The first-order valence-electron chi connectivity index (χ1n) is 5.10. The first-order valence-corrected chi connectivity index (χ1v) is 5.91. The standard InChI is InChI=1S/C11H8N2O5S/c1-6-3-2-4-7(10(14)15)9(6)18-11-12-5-8(19-11)13(16)17/h2-5H,1H3,(H,14,15). The summed E-state index contributed by atoms with van der Waals surface area (Å²) in [6.07, 6.45) is 1.07. The Morgan fingerprint density at radius 1 is 1.53 bits per heavy atom. The first-order chi connectivity index (χ1) is 8.99. The highest BCUT2D eigenvalue weighted by atomic mass is 32.1. The molecule has 0 saturated carbocycles. The van der Waals surface area contributed by atoms with Crippen LogP contribution in [0.1, 0.15) is 15.9 Å². The summed E-state index contributed by atoms with van der Waals surface area (Å²) < 4.78 is 5.35. The Hall–Kier alpha value is -2.48. The normalized spacial score (nSPS) is 10.2. The number of rotatable bonds is 4. The summed E-state index contributed by atoms with van der Waals surface area (Å²) in [7, 11) is 0. The lowest BCUT2D eigenvalue weighted by molar-refractivity contribution is -0.380. The molecule has 0 aliphatic heterocycles. The van der Waals surface area contributed by atoms with Crippen LogP contribution in [0.15, 0.2) is 24.4 Å². The second kappa shape index (κ2) is 5.02. The molecule has 8 heteroatoms. The van der Waals surface area contributed by atoms with E-state index in [0.29, 0.717) is 5.56 Å². The summed E-state index contributed by atoms with van der Waals surface area (Å²) in [5.41, 5.74) is 0.593. The van der Waals surface area contributed by atoms with Gasteiger partial charge in [0.25, 0.3) is 5.19 Å². The van der Waals surface area contributed by atoms with Gasteiger partial charge < -0.3 is 9.84 Å². The molecule has 98 valence electrons. The summed E-state index contributed by atoms with van der Waals surface area (Å²) in [5, 5.41) is 19.5. The number of thiazole rings is 1. The van der Waals surface area contributed by atoms with Gasteiger partial charge in [-0.05, 0) is 29.9 Å². The minimum atomic E-state index is -1.13. The topological polar surface area (TPSA) is 103 Å². The molecule has 1 aromatic carbocycles. The third kappa shape index (κ3) is 2.68. The molecular formula is C11H8N2O5S. The molecule has 0 aliphatic carbocycles. The van der Waals surface area contributed by atoms with Crippen molar-refractivity contribution in [2.75, 3.05) is 0 Å². The number of benzene rings is 1. The molecule has 0 fully saturated rings. The molecular weight excluding hydrogens is 272 g/mol. The fourth-order valence-electron chi connectivity index (χ4n) is 1.43. The van der Waals surface area contributed by atoms with E-state index in [1.807, 2.05) is 0 Å². The number of nitro groups is 1. The van der Waals surface area contributed by atoms with Crippen molar-refractivity contribution >= 4 is 22.3 Å². The molecule has 0 saturated heterocycles. The van der Waals surface area contributed by atoms with E-state index in [9.17, 15) is 14.9 Å². The number of ether oxygens (including phenoxy) is 1. The maximum atomic E-state index is 11.1. The van der Waals surface area contributed by atoms with E-state index in [2.05, 4.69) is 4.98 Å². The number of para-hydroxylation sites is 1. The van der Waals surface area contributed by atoms with Crippen LogP contribution in [-0.2, 0) is 0 Å². The van der Waals surface area contributed by atoms with Gasteiger partial charge in [-0.25, -0.2) is 9.78 Å². The molecule has 0 radical (unpaired) electrons. The number of carboxylic acid groups (broad SMARTS) is 1. The van der Waals surface area contributed by atoms with Gasteiger partial charge in [0, 0.05) is 0 Å². The molecule has 2 rings (SSSR count). The second-order valence-electron chi connectivity index (χ2n) is 3.58.